The van der Waals surface area contributed by atoms with E-state index < -0.39 is 0 Å². The van der Waals surface area contributed by atoms with Gasteiger partial charge in [0.25, 0.3) is 5.91 Å². The van der Waals surface area contributed by atoms with Crippen LogP contribution < -0.4 is 4.74 Å². The molecule has 6 nitrogen and oxygen atoms in total. The Balaban J connectivity index is 1.77. The van der Waals surface area contributed by atoms with Gasteiger partial charge in [-0.05, 0) is 42.0 Å². The average molecular weight is 418 g/mol. The maximum absolute atomic E-state index is 13.2. The highest BCUT2D eigenvalue weighted by Gasteiger charge is 2.22. The Hall–Kier alpha value is -3.80. The number of benzene rings is 2. The molecule has 0 saturated heterocycles. The molecule has 3 aromatic rings. The number of amides is 2. The fourth-order valence-electron chi connectivity index (χ4n) is 3.18. The third kappa shape index (κ3) is 6.09. The van der Waals surface area contributed by atoms with Gasteiger partial charge in [0.15, 0.2) is 0 Å². The summed E-state index contributed by atoms with van der Waals surface area (Å²) in [7, 11) is 1.57. The number of carbonyl (C=O) groups excluding carboxylic acids is 2. The second-order valence-corrected chi connectivity index (χ2v) is 7.02. The summed E-state index contributed by atoms with van der Waals surface area (Å²) in [5.41, 5.74) is 1.48. The van der Waals surface area contributed by atoms with E-state index in [1.54, 1.807) is 54.7 Å². The lowest BCUT2D eigenvalue weighted by atomic mass is 10.1. The summed E-state index contributed by atoms with van der Waals surface area (Å²) >= 11 is 0. The van der Waals surface area contributed by atoms with Crippen molar-refractivity contribution in [1.29, 1.82) is 0 Å². The Morgan fingerprint density at radius 2 is 1.71 bits per heavy atom. The Morgan fingerprint density at radius 3 is 2.32 bits per heavy atom. The van der Waals surface area contributed by atoms with Crippen molar-refractivity contribution in [2.24, 2.45) is 0 Å². The molecule has 1 heterocycles. The number of rotatable bonds is 10. The molecular weight excluding hydrogens is 392 g/mol. The van der Waals surface area contributed by atoms with Crippen LogP contribution in [0.4, 0.5) is 0 Å². The van der Waals surface area contributed by atoms with Crippen molar-refractivity contribution in [3.8, 4) is 5.75 Å². The molecule has 3 rings (SSSR count). The number of furan rings is 1. The molecule has 160 valence electrons. The van der Waals surface area contributed by atoms with Crippen molar-refractivity contribution in [1.82, 2.24) is 9.80 Å². The normalized spacial score (nSPS) is 10.4. The van der Waals surface area contributed by atoms with Crippen molar-refractivity contribution < 1.29 is 18.7 Å². The van der Waals surface area contributed by atoms with E-state index in [0.29, 0.717) is 30.2 Å². The quantitative estimate of drug-likeness (QED) is 0.464. The molecule has 0 unspecified atom stereocenters. The van der Waals surface area contributed by atoms with E-state index in [0.717, 1.165) is 5.56 Å². The highest BCUT2D eigenvalue weighted by molar-refractivity contribution is 5.96. The van der Waals surface area contributed by atoms with Crippen LogP contribution >= 0.6 is 0 Å². The molecule has 0 aliphatic rings. The van der Waals surface area contributed by atoms with E-state index in [-0.39, 0.29) is 24.9 Å². The second kappa shape index (κ2) is 10.8. The predicted molar refractivity (Wildman–Crippen MR) is 118 cm³/mol. The zero-order valence-corrected chi connectivity index (χ0v) is 17.6. The zero-order valence-electron chi connectivity index (χ0n) is 17.6. The van der Waals surface area contributed by atoms with Gasteiger partial charge in [0.05, 0.1) is 19.9 Å². The third-order valence-electron chi connectivity index (χ3n) is 4.80. The van der Waals surface area contributed by atoms with Crippen molar-refractivity contribution in [3.05, 3.63) is 103 Å². The van der Waals surface area contributed by atoms with Crippen molar-refractivity contribution in [2.45, 2.75) is 13.1 Å². The minimum absolute atomic E-state index is 0.0651. The van der Waals surface area contributed by atoms with Gasteiger partial charge in [-0.15, -0.1) is 6.58 Å². The smallest absolute Gasteiger partial charge is 0.254 e. The molecule has 0 saturated carbocycles. The molecule has 0 aliphatic heterocycles. The van der Waals surface area contributed by atoms with Crippen LogP contribution in [0.1, 0.15) is 21.7 Å². The van der Waals surface area contributed by atoms with Gasteiger partial charge in [0.1, 0.15) is 18.1 Å². The molecule has 0 fully saturated rings. The van der Waals surface area contributed by atoms with E-state index in [1.165, 1.54) is 4.90 Å². The van der Waals surface area contributed by atoms with Crippen LogP contribution in [0.15, 0.2) is 90.1 Å². The lowest BCUT2D eigenvalue weighted by molar-refractivity contribution is -0.133. The zero-order chi connectivity index (χ0) is 22.1. The van der Waals surface area contributed by atoms with Crippen LogP contribution in [-0.2, 0) is 17.9 Å². The Labute approximate surface area is 182 Å². The van der Waals surface area contributed by atoms with E-state index >= 15 is 0 Å². The van der Waals surface area contributed by atoms with Crippen molar-refractivity contribution in [3.63, 3.8) is 0 Å². The summed E-state index contributed by atoms with van der Waals surface area (Å²) in [6.45, 7) is 4.66. The first-order valence-electron chi connectivity index (χ1n) is 9.99. The predicted octanol–water partition coefficient (Wildman–Crippen LogP) is 4.15. The first kappa shape index (κ1) is 21.9. The molecule has 0 aliphatic carbocycles. The summed E-state index contributed by atoms with van der Waals surface area (Å²) in [6.07, 6.45) is 3.19. The van der Waals surface area contributed by atoms with Crippen LogP contribution in [0.2, 0.25) is 0 Å². The molecule has 0 spiro atoms. The summed E-state index contributed by atoms with van der Waals surface area (Å²) in [6, 6.07) is 20.2. The number of hydrogen-bond donors (Lipinski definition) is 0. The van der Waals surface area contributed by atoms with Gasteiger partial charge in [-0.1, -0.05) is 36.4 Å². The standard InChI is InChI=1S/C25H26N2O4/c1-3-15-26(25(29)21-11-13-22(30-2)14-12-21)19-24(28)27(18-23-10-7-16-31-23)17-20-8-5-4-6-9-20/h3-14,16H,1,15,17-19H2,2H3. The monoisotopic (exact) mass is 418 g/mol. The minimum atomic E-state index is -0.242. The maximum Gasteiger partial charge on any atom is 0.254 e. The topological polar surface area (TPSA) is 63.0 Å². The number of methoxy groups -OCH3 is 1. The minimum Gasteiger partial charge on any atom is -0.497 e. The summed E-state index contributed by atoms with van der Waals surface area (Å²) < 4.78 is 10.6. The first-order valence-corrected chi connectivity index (χ1v) is 9.99. The van der Waals surface area contributed by atoms with Crippen LogP contribution in [0.25, 0.3) is 0 Å². The van der Waals surface area contributed by atoms with Crippen LogP contribution in [0, 0.1) is 0 Å². The lowest BCUT2D eigenvalue weighted by Crippen LogP contribution is -2.42. The number of nitrogens with zero attached hydrogens (tertiary/aromatic N) is 2. The Kier molecular flexibility index (Phi) is 7.65. The van der Waals surface area contributed by atoms with Crippen molar-refractivity contribution >= 4 is 11.8 Å². The van der Waals surface area contributed by atoms with Crippen LogP contribution in [0.3, 0.4) is 0 Å². The first-order chi connectivity index (χ1) is 15.1. The average Bonchev–Trinajstić information content (AvgIpc) is 3.32. The summed E-state index contributed by atoms with van der Waals surface area (Å²) in [5.74, 6) is 0.925. The highest BCUT2D eigenvalue weighted by atomic mass is 16.5. The molecule has 0 bridgehead atoms. The summed E-state index contributed by atoms with van der Waals surface area (Å²) in [5, 5.41) is 0. The van der Waals surface area contributed by atoms with E-state index in [1.807, 2.05) is 36.4 Å². The Morgan fingerprint density at radius 1 is 0.968 bits per heavy atom. The Bertz CT molecular complexity index is 982. The molecule has 2 aromatic carbocycles. The van der Waals surface area contributed by atoms with Gasteiger partial charge in [0, 0.05) is 18.7 Å². The van der Waals surface area contributed by atoms with Gasteiger partial charge < -0.3 is 19.0 Å². The molecule has 31 heavy (non-hydrogen) atoms. The van der Waals surface area contributed by atoms with Gasteiger partial charge in [-0.2, -0.15) is 0 Å². The fraction of sp³-hybridized carbons (Fsp3) is 0.200. The largest absolute Gasteiger partial charge is 0.497 e. The fourth-order valence-corrected chi connectivity index (χ4v) is 3.18. The van der Waals surface area contributed by atoms with Gasteiger partial charge in [-0.25, -0.2) is 0 Å². The highest BCUT2D eigenvalue weighted by Crippen LogP contribution is 2.15. The molecular formula is C25H26N2O4. The van der Waals surface area contributed by atoms with Crippen LogP contribution in [-0.4, -0.2) is 41.8 Å². The molecule has 0 N–H and O–H groups in total. The second-order valence-electron chi connectivity index (χ2n) is 7.02. The summed E-state index contributed by atoms with van der Waals surface area (Å²) in [4.78, 5) is 29.4. The number of ether oxygens (including phenoxy) is 1. The third-order valence-corrected chi connectivity index (χ3v) is 4.80. The van der Waals surface area contributed by atoms with E-state index in [2.05, 4.69) is 6.58 Å². The van der Waals surface area contributed by atoms with Crippen molar-refractivity contribution in [2.75, 3.05) is 20.2 Å². The molecule has 6 heteroatoms. The molecule has 0 radical (unpaired) electrons. The number of hydrogen-bond acceptors (Lipinski definition) is 4. The van der Waals surface area contributed by atoms with Gasteiger partial charge in [0.2, 0.25) is 5.91 Å². The van der Waals surface area contributed by atoms with Crippen LogP contribution in [0.5, 0.6) is 5.75 Å². The maximum atomic E-state index is 13.2. The van der Waals surface area contributed by atoms with Gasteiger partial charge in [-0.3, -0.25) is 9.59 Å². The molecule has 2 amide bonds. The lowest BCUT2D eigenvalue weighted by Gasteiger charge is -2.27. The molecule has 0 atom stereocenters. The van der Waals surface area contributed by atoms with E-state index in [4.69, 9.17) is 9.15 Å². The number of carbonyl (C=O) groups is 2. The van der Waals surface area contributed by atoms with E-state index in [9.17, 15) is 9.59 Å². The molecule has 1 aromatic heterocycles. The SMILES string of the molecule is C=CCN(CC(=O)N(Cc1ccccc1)Cc1ccco1)C(=O)c1ccc(OC)cc1. The van der Waals surface area contributed by atoms with Gasteiger partial charge >= 0.3 is 0 Å².